The molecule has 2 saturated heterocycles. The van der Waals surface area contributed by atoms with E-state index >= 15 is 0 Å². The minimum absolute atomic E-state index is 0.529. The van der Waals surface area contributed by atoms with Crippen LogP contribution in [0.2, 0.25) is 0 Å². The van der Waals surface area contributed by atoms with Gasteiger partial charge in [0.25, 0.3) is 0 Å². The third kappa shape index (κ3) is 5.21. The highest BCUT2D eigenvalue weighted by atomic mass is 32.1. The molecule has 3 fully saturated rings. The predicted molar refractivity (Wildman–Crippen MR) is 116 cm³/mol. The maximum atomic E-state index is 5.46. The van der Waals surface area contributed by atoms with Crippen molar-refractivity contribution in [2.45, 2.75) is 64.3 Å². The number of nitrogens with zero attached hydrogens (tertiary/aromatic N) is 4. The van der Waals surface area contributed by atoms with Crippen LogP contribution in [0.25, 0.3) is 0 Å². The number of hydrogen-bond acceptors (Lipinski definition) is 5. The van der Waals surface area contributed by atoms with Gasteiger partial charge in [0.15, 0.2) is 5.11 Å². The van der Waals surface area contributed by atoms with Crippen molar-refractivity contribution >= 4 is 34.9 Å². The highest BCUT2D eigenvalue weighted by Gasteiger charge is 2.23. The van der Waals surface area contributed by atoms with Gasteiger partial charge >= 0.3 is 0 Å². The normalized spacial score (nSPS) is 21.7. The van der Waals surface area contributed by atoms with Crippen LogP contribution >= 0.6 is 12.2 Å². The number of piperidine rings is 1. The first-order valence-corrected chi connectivity index (χ1v) is 11.0. The molecule has 1 aliphatic carbocycles. The zero-order valence-electron chi connectivity index (χ0n) is 16.4. The standard InChI is InChI=1S/C20H32N6S/c1-15-8-12-26(13-9-15)18-14-17(25-10-4-2-3-5-11-25)22-19(23-18)24-20(27)21-16-6-7-16/h14-16H,2-13H2,1H3,(H2,21,22,23,24,27). The molecule has 1 saturated carbocycles. The van der Waals surface area contributed by atoms with Crippen LogP contribution in [0.1, 0.15) is 58.3 Å². The number of anilines is 3. The van der Waals surface area contributed by atoms with Crippen LogP contribution < -0.4 is 20.4 Å². The second-order valence-corrected chi connectivity index (χ2v) is 8.76. The monoisotopic (exact) mass is 388 g/mol. The van der Waals surface area contributed by atoms with Gasteiger partial charge in [0.05, 0.1) is 0 Å². The quantitative estimate of drug-likeness (QED) is 0.765. The fourth-order valence-electron chi connectivity index (χ4n) is 3.89. The first-order chi connectivity index (χ1) is 13.2. The Morgan fingerprint density at radius 3 is 2.11 bits per heavy atom. The lowest BCUT2D eigenvalue weighted by Gasteiger charge is -2.32. The van der Waals surface area contributed by atoms with E-state index in [-0.39, 0.29) is 0 Å². The Labute approximate surface area is 168 Å². The van der Waals surface area contributed by atoms with Crippen LogP contribution in [0.4, 0.5) is 17.6 Å². The highest BCUT2D eigenvalue weighted by Crippen LogP contribution is 2.27. The van der Waals surface area contributed by atoms with Crippen molar-refractivity contribution in [2.75, 3.05) is 41.3 Å². The lowest BCUT2D eigenvalue weighted by molar-refractivity contribution is 0.436. The number of hydrogen-bond donors (Lipinski definition) is 2. The van der Waals surface area contributed by atoms with E-state index in [0.29, 0.717) is 17.1 Å². The van der Waals surface area contributed by atoms with Gasteiger partial charge in [-0.05, 0) is 56.7 Å². The molecule has 3 heterocycles. The van der Waals surface area contributed by atoms with E-state index in [1.807, 2.05) is 0 Å². The van der Waals surface area contributed by atoms with Gasteiger partial charge in [0.2, 0.25) is 5.95 Å². The van der Waals surface area contributed by atoms with Gasteiger partial charge in [-0.15, -0.1) is 0 Å². The lowest BCUT2D eigenvalue weighted by atomic mass is 9.99. The van der Waals surface area contributed by atoms with Crippen molar-refractivity contribution in [3.63, 3.8) is 0 Å². The summed E-state index contributed by atoms with van der Waals surface area (Å²) in [6.45, 7) is 6.65. The maximum absolute atomic E-state index is 5.46. The van der Waals surface area contributed by atoms with Crippen molar-refractivity contribution in [1.29, 1.82) is 0 Å². The molecule has 2 N–H and O–H groups in total. The molecule has 0 radical (unpaired) electrons. The van der Waals surface area contributed by atoms with Crippen LogP contribution in [0.15, 0.2) is 6.07 Å². The number of rotatable bonds is 4. The Bertz CT molecular complexity index is 646. The van der Waals surface area contributed by atoms with Crippen molar-refractivity contribution in [1.82, 2.24) is 15.3 Å². The fraction of sp³-hybridized carbons (Fsp3) is 0.750. The lowest BCUT2D eigenvalue weighted by Crippen LogP contribution is -2.35. The molecule has 7 heteroatoms. The minimum atomic E-state index is 0.529. The smallest absolute Gasteiger partial charge is 0.232 e. The first kappa shape index (κ1) is 18.7. The second kappa shape index (κ2) is 8.59. The van der Waals surface area contributed by atoms with E-state index in [0.717, 1.165) is 43.7 Å². The summed E-state index contributed by atoms with van der Waals surface area (Å²) in [6.07, 6.45) is 9.98. The van der Waals surface area contributed by atoms with Crippen LogP contribution in [-0.4, -0.2) is 47.3 Å². The SMILES string of the molecule is CC1CCN(c2cc(N3CCCCCC3)nc(NC(=S)NC3CC3)n2)CC1. The molecule has 27 heavy (non-hydrogen) atoms. The molecule has 4 rings (SSSR count). The zero-order valence-corrected chi connectivity index (χ0v) is 17.2. The van der Waals surface area contributed by atoms with E-state index in [1.165, 1.54) is 51.4 Å². The first-order valence-electron chi connectivity index (χ1n) is 10.6. The van der Waals surface area contributed by atoms with E-state index in [9.17, 15) is 0 Å². The summed E-state index contributed by atoms with van der Waals surface area (Å²) >= 11 is 5.46. The minimum Gasteiger partial charge on any atom is -0.360 e. The highest BCUT2D eigenvalue weighted by molar-refractivity contribution is 7.80. The molecule has 6 nitrogen and oxygen atoms in total. The molecule has 3 aliphatic rings. The molecule has 0 bridgehead atoms. The fourth-order valence-corrected chi connectivity index (χ4v) is 4.15. The third-order valence-corrected chi connectivity index (χ3v) is 6.09. The van der Waals surface area contributed by atoms with E-state index in [1.54, 1.807) is 0 Å². The average molecular weight is 389 g/mol. The van der Waals surface area contributed by atoms with Crippen LogP contribution in [-0.2, 0) is 0 Å². The zero-order chi connectivity index (χ0) is 18.6. The molecular weight excluding hydrogens is 356 g/mol. The Hall–Kier alpha value is -1.63. The third-order valence-electron chi connectivity index (χ3n) is 5.87. The van der Waals surface area contributed by atoms with Crippen molar-refractivity contribution < 1.29 is 0 Å². The van der Waals surface area contributed by atoms with Gasteiger partial charge in [0, 0.05) is 38.3 Å². The number of aromatic nitrogens is 2. The number of thiocarbonyl (C=S) groups is 1. The Balaban J connectivity index is 1.55. The van der Waals surface area contributed by atoms with Crippen LogP contribution in [0.3, 0.4) is 0 Å². The van der Waals surface area contributed by atoms with Crippen molar-refractivity contribution in [3.05, 3.63) is 6.07 Å². The molecule has 0 amide bonds. The molecule has 0 spiro atoms. The van der Waals surface area contributed by atoms with Gasteiger partial charge < -0.3 is 20.4 Å². The molecule has 0 aromatic carbocycles. The summed E-state index contributed by atoms with van der Waals surface area (Å²) in [6, 6.07) is 2.71. The molecule has 2 aliphatic heterocycles. The molecule has 1 aromatic rings. The van der Waals surface area contributed by atoms with Gasteiger partial charge in [-0.1, -0.05) is 19.8 Å². The maximum Gasteiger partial charge on any atom is 0.232 e. The summed E-state index contributed by atoms with van der Waals surface area (Å²) in [5.74, 6) is 3.51. The summed E-state index contributed by atoms with van der Waals surface area (Å²) in [5, 5.41) is 7.21. The van der Waals surface area contributed by atoms with Crippen molar-refractivity contribution in [2.24, 2.45) is 5.92 Å². The molecule has 0 atom stereocenters. The van der Waals surface area contributed by atoms with E-state index < -0.39 is 0 Å². The second-order valence-electron chi connectivity index (χ2n) is 8.35. The van der Waals surface area contributed by atoms with Gasteiger partial charge in [-0.2, -0.15) is 9.97 Å². The van der Waals surface area contributed by atoms with Gasteiger partial charge in [-0.3, -0.25) is 0 Å². The average Bonchev–Trinajstić information content (AvgIpc) is 3.48. The van der Waals surface area contributed by atoms with Crippen LogP contribution in [0, 0.1) is 5.92 Å². The summed E-state index contributed by atoms with van der Waals surface area (Å²) in [7, 11) is 0. The Kier molecular flexibility index (Phi) is 5.95. The Morgan fingerprint density at radius 2 is 1.52 bits per heavy atom. The molecule has 148 valence electrons. The van der Waals surface area contributed by atoms with Gasteiger partial charge in [0.1, 0.15) is 11.6 Å². The summed E-state index contributed by atoms with van der Waals surface area (Å²) in [5.41, 5.74) is 0. The molecule has 0 unspecified atom stereocenters. The predicted octanol–water partition coefficient (Wildman–Crippen LogP) is 3.54. The van der Waals surface area contributed by atoms with E-state index in [4.69, 9.17) is 22.2 Å². The Morgan fingerprint density at radius 1 is 0.926 bits per heavy atom. The van der Waals surface area contributed by atoms with Crippen molar-refractivity contribution in [3.8, 4) is 0 Å². The largest absolute Gasteiger partial charge is 0.360 e. The van der Waals surface area contributed by atoms with Crippen LogP contribution in [0.5, 0.6) is 0 Å². The topological polar surface area (TPSA) is 56.3 Å². The van der Waals surface area contributed by atoms with Gasteiger partial charge in [-0.25, -0.2) is 0 Å². The van der Waals surface area contributed by atoms with E-state index in [2.05, 4.69) is 33.4 Å². The molecule has 1 aromatic heterocycles. The molecular formula is C20H32N6S. The summed E-state index contributed by atoms with van der Waals surface area (Å²) in [4.78, 5) is 14.5. The number of nitrogens with one attached hydrogen (secondary N) is 2. The summed E-state index contributed by atoms with van der Waals surface area (Å²) < 4.78 is 0.